The number of ether oxygens (including phenoxy) is 2. The molecule has 202 valence electrons. The van der Waals surface area contributed by atoms with Crippen LogP contribution in [0.4, 0.5) is 22.0 Å². The van der Waals surface area contributed by atoms with E-state index in [4.69, 9.17) is 4.74 Å². The van der Waals surface area contributed by atoms with Crippen molar-refractivity contribution in [1.29, 1.82) is 0 Å². The van der Waals surface area contributed by atoms with Crippen LogP contribution in [0.25, 0.3) is 0 Å². The van der Waals surface area contributed by atoms with Crippen LogP contribution in [0.5, 0.6) is 11.5 Å². The molecule has 37 heavy (non-hydrogen) atoms. The van der Waals surface area contributed by atoms with E-state index < -0.39 is 46.4 Å². The van der Waals surface area contributed by atoms with Gasteiger partial charge in [0.15, 0.2) is 17.5 Å². The monoisotopic (exact) mass is 524 g/mol. The van der Waals surface area contributed by atoms with Gasteiger partial charge >= 0.3 is 5.97 Å². The highest BCUT2D eigenvalue weighted by Gasteiger charge is 2.31. The molecule has 2 aliphatic carbocycles. The third-order valence-corrected chi connectivity index (χ3v) is 8.02. The molecule has 3 nitrogen and oxygen atoms in total. The number of esters is 1. The fourth-order valence-electron chi connectivity index (χ4n) is 5.97. The Morgan fingerprint density at radius 3 is 1.73 bits per heavy atom. The molecule has 0 bridgehead atoms. The number of carbonyl (C=O) groups excluding carboxylic acids is 1. The van der Waals surface area contributed by atoms with Crippen molar-refractivity contribution in [2.24, 2.45) is 23.7 Å². The number of benzene rings is 2. The Hall–Kier alpha value is -2.64. The highest BCUT2D eigenvalue weighted by atomic mass is 19.2. The Kier molecular flexibility index (Phi) is 9.08. The van der Waals surface area contributed by atoms with Crippen LogP contribution in [-0.2, 0) is 0 Å². The molecule has 0 aromatic heterocycles. The van der Waals surface area contributed by atoms with Crippen LogP contribution in [0, 0.1) is 52.8 Å². The number of rotatable bonds is 8. The van der Waals surface area contributed by atoms with Crippen molar-refractivity contribution in [3.63, 3.8) is 0 Å². The lowest BCUT2D eigenvalue weighted by atomic mass is 9.69. The third kappa shape index (κ3) is 6.82. The zero-order valence-corrected chi connectivity index (χ0v) is 21.0. The molecule has 4 rings (SSSR count). The van der Waals surface area contributed by atoms with Crippen LogP contribution < -0.4 is 9.47 Å². The van der Waals surface area contributed by atoms with Gasteiger partial charge in [-0.05, 0) is 62.2 Å². The Balaban J connectivity index is 1.28. The van der Waals surface area contributed by atoms with Crippen molar-refractivity contribution in [3.05, 3.63) is 58.9 Å². The van der Waals surface area contributed by atoms with E-state index in [0.717, 1.165) is 55.6 Å². The summed E-state index contributed by atoms with van der Waals surface area (Å²) in [4.78, 5) is 12.2. The summed E-state index contributed by atoms with van der Waals surface area (Å²) in [7, 11) is 0. The maximum atomic E-state index is 14.6. The van der Waals surface area contributed by atoms with Crippen LogP contribution in [0.2, 0.25) is 0 Å². The van der Waals surface area contributed by atoms with Gasteiger partial charge in [-0.1, -0.05) is 32.6 Å². The minimum absolute atomic E-state index is 0.0539. The molecule has 0 unspecified atom stereocenters. The molecule has 0 aliphatic heterocycles. The molecule has 0 atom stereocenters. The lowest BCUT2D eigenvalue weighted by Crippen LogP contribution is -2.27. The van der Waals surface area contributed by atoms with Crippen LogP contribution in [0.15, 0.2) is 24.3 Å². The number of carbonyl (C=O) groups is 1. The molecule has 2 fully saturated rings. The second-order valence-electron chi connectivity index (χ2n) is 10.5. The molecule has 2 aromatic rings. The lowest BCUT2D eigenvalue weighted by molar-refractivity contribution is 0.0723. The normalized spacial score (nSPS) is 24.1. The van der Waals surface area contributed by atoms with Gasteiger partial charge in [0, 0.05) is 24.3 Å². The highest BCUT2D eigenvalue weighted by molar-refractivity contribution is 5.91. The standard InChI is InChI=1S/C29H33F5O3/c1-2-3-17-4-8-19(9-5-17)20-10-6-18(7-11-20)16-36-21-12-23(30)27(24(31)13-21)29(35)37-22-14-25(32)28(34)26(33)15-22/h12-15,17-20H,2-11,16H2,1H3/t17-,18-,19-,20-. The molecule has 2 saturated carbocycles. The van der Waals surface area contributed by atoms with E-state index in [2.05, 4.69) is 11.7 Å². The van der Waals surface area contributed by atoms with Gasteiger partial charge in [-0.25, -0.2) is 26.7 Å². The topological polar surface area (TPSA) is 35.5 Å². The van der Waals surface area contributed by atoms with Gasteiger partial charge < -0.3 is 9.47 Å². The van der Waals surface area contributed by atoms with Gasteiger partial charge in [-0.2, -0.15) is 0 Å². The Morgan fingerprint density at radius 2 is 1.22 bits per heavy atom. The first-order valence-electron chi connectivity index (χ1n) is 13.2. The molecule has 0 saturated heterocycles. The van der Waals surface area contributed by atoms with Crippen LogP contribution in [-0.4, -0.2) is 12.6 Å². The molecule has 2 aliphatic rings. The molecular formula is C29H33F5O3. The Labute approximate surface area is 214 Å². The average Bonchev–Trinajstić information content (AvgIpc) is 2.86. The van der Waals surface area contributed by atoms with Gasteiger partial charge in [0.05, 0.1) is 6.61 Å². The SMILES string of the molecule is CCC[C@H]1CC[C@H]([C@H]2CC[C@H](COc3cc(F)c(C(=O)Oc4cc(F)c(F)c(F)c4)c(F)c3)CC2)CC1. The van der Waals surface area contributed by atoms with E-state index in [0.29, 0.717) is 24.7 Å². The molecule has 0 radical (unpaired) electrons. The van der Waals surface area contributed by atoms with E-state index in [9.17, 15) is 26.7 Å². The van der Waals surface area contributed by atoms with Crippen LogP contribution in [0.3, 0.4) is 0 Å². The van der Waals surface area contributed by atoms with E-state index in [-0.39, 0.29) is 5.75 Å². The maximum absolute atomic E-state index is 14.6. The minimum Gasteiger partial charge on any atom is -0.493 e. The van der Waals surface area contributed by atoms with Gasteiger partial charge in [0.25, 0.3) is 0 Å². The molecule has 0 amide bonds. The van der Waals surface area contributed by atoms with Gasteiger partial charge in [-0.15, -0.1) is 0 Å². The fraction of sp³-hybridized carbons (Fsp3) is 0.552. The summed E-state index contributed by atoms with van der Waals surface area (Å²) in [5.74, 6) is -6.92. The molecule has 0 N–H and O–H groups in total. The van der Waals surface area contributed by atoms with Crippen molar-refractivity contribution in [2.75, 3.05) is 6.61 Å². The zero-order chi connectivity index (χ0) is 26.5. The molecule has 0 heterocycles. The van der Waals surface area contributed by atoms with E-state index in [1.54, 1.807) is 0 Å². The molecular weight excluding hydrogens is 491 g/mol. The summed E-state index contributed by atoms with van der Waals surface area (Å²) in [6.45, 7) is 2.58. The van der Waals surface area contributed by atoms with Crippen molar-refractivity contribution in [2.45, 2.75) is 71.1 Å². The van der Waals surface area contributed by atoms with E-state index in [1.165, 1.54) is 38.5 Å². The number of hydrogen-bond acceptors (Lipinski definition) is 3. The summed E-state index contributed by atoms with van der Waals surface area (Å²) < 4.78 is 79.1. The third-order valence-electron chi connectivity index (χ3n) is 8.02. The van der Waals surface area contributed by atoms with Crippen molar-refractivity contribution >= 4 is 5.97 Å². The van der Waals surface area contributed by atoms with E-state index >= 15 is 0 Å². The Bertz CT molecular complexity index is 1040. The maximum Gasteiger partial charge on any atom is 0.349 e. The first-order chi connectivity index (χ1) is 17.7. The number of hydrogen-bond donors (Lipinski definition) is 0. The predicted octanol–water partition coefficient (Wildman–Crippen LogP) is 8.39. The summed E-state index contributed by atoms with van der Waals surface area (Å²) >= 11 is 0. The van der Waals surface area contributed by atoms with Crippen LogP contribution >= 0.6 is 0 Å². The van der Waals surface area contributed by atoms with Gasteiger partial charge in [0.2, 0.25) is 0 Å². The zero-order valence-electron chi connectivity index (χ0n) is 21.0. The van der Waals surface area contributed by atoms with Gasteiger partial charge in [0.1, 0.15) is 28.7 Å². The van der Waals surface area contributed by atoms with Gasteiger partial charge in [-0.3, -0.25) is 0 Å². The van der Waals surface area contributed by atoms with Crippen molar-refractivity contribution in [1.82, 2.24) is 0 Å². The first kappa shape index (κ1) is 27.4. The summed E-state index contributed by atoms with van der Waals surface area (Å²) in [5.41, 5.74) is -1.04. The van der Waals surface area contributed by atoms with Crippen LogP contribution in [0.1, 0.15) is 81.5 Å². The second-order valence-corrected chi connectivity index (χ2v) is 10.5. The van der Waals surface area contributed by atoms with Crippen molar-refractivity contribution in [3.8, 4) is 11.5 Å². The Morgan fingerprint density at radius 1 is 0.730 bits per heavy atom. The molecule has 2 aromatic carbocycles. The summed E-state index contributed by atoms with van der Waals surface area (Å²) in [6.07, 6.45) is 12.3. The first-order valence-corrected chi connectivity index (χ1v) is 13.2. The summed E-state index contributed by atoms with van der Waals surface area (Å²) in [5, 5.41) is 0. The lowest BCUT2D eigenvalue weighted by Gasteiger charge is -2.37. The second kappa shape index (κ2) is 12.3. The predicted molar refractivity (Wildman–Crippen MR) is 129 cm³/mol. The van der Waals surface area contributed by atoms with Crippen molar-refractivity contribution < 1.29 is 36.2 Å². The smallest absolute Gasteiger partial charge is 0.349 e. The minimum atomic E-state index is -1.75. The average molecular weight is 525 g/mol. The number of halogens is 5. The quantitative estimate of drug-likeness (QED) is 0.151. The summed E-state index contributed by atoms with van der Waals surface area (Å²) in [6, 6.07) is 2.59. The largest absolute Gasteiger partial charge is 0.493 e. The molecule has 8 heteroatoms. The fourth-order valence-corrected chi connectivity index (χ4v) is 5.97. The van der Waals surface area contributed by atoms with E-state index in [1.807, 2.05) is 0 Å². The highest BCUT2D eigenvalue weighted by Crippen LogP contribution is 2.42. The molecule has 0 spiro atoms.